The van der Waals surface area contributed by atoms with Gasteiger partial charge in [-0.05, 0) is 47.7 Å². The Kier molecular flexibility index (Phi) is 4.89. The second-order valence-corrected chi connectivity index (χ2v) is 8.24. The Morgan fingerprint density at radius 2 is 1.67 bits per heavy atom. The first-order valence-electron chi connectivity index (χ1n) is 10.5. The van der Waals surface area contributed by atoms with Gasteiger partial charge in [-0.1, -0.05) is 54.6 Å². The molecule has 152 valence electrons. The van der Waals surface area contributed by atoms with Gasteiger partial charge in [0.1, 0.15) is 18.6 Å². The fourth-order valence-electron chi connectivity index (χ4n) is 4.82. The van der Waals surface area contributed by atoms with Crippen LogP contribution in [0.3, 0.4) is 0 Å². The molecule has 0 aliphatic carbocycles. The molecular formula is C26H25NO3. The number of likely N-dealkylation sites (tertiary alicyclic amines) is 1. The molecule has 1 unspecified atom stereocenters. The number of carbonyl (C=O) groups is 1. The lowest BCUT2D eigenvalue weighted by molar-refractivity contribution is -0.0325. The van der Waals surface area contributed by atoms with Crippen LogP contribution >= 0.6 is 0 Å². The van der Waals surface area contributed by atoms with Crippen LogP contribution < -0.4 is 4.74 Å². The molecule has 0 saturated carbocycles. The number of benzene rings is 3. The number of fused-ring (bicyclic) bond motifs is 2. The Morgan fingerprint density at radius 3 is 2.43 bits per heavy atom. The Morgan fingerprint density at radius 1 is 0.933 bits per heavy atom. The molecule has 5 rings (SSSR count). The summed E-state index contributed by atoms with van der Waals surface area (Å²) in [7, 11) is 0. The number of piperidine rings is 1. The van der Waals surface area contributed by atoms with Crippen LogP contribution in [0.2, 0.25) is 0 Å². The number of hydrogen-bond acceptors (Lipinski definition) is 4. The van der Waals surface area contributed by atoms with Gasteiger partial charge in [0.15, 0.2) is 0 Å². The van der Waals surface area contributed by atoms with Crippen LogP contribution in [0.5, 0.6) is 5.75 Å². The summed E-state index contributed by atoms with van der Waals surface area (Å²) in [6.45, 7) is 2.03. The molecule has 4 nitrogen and oxygen atoms in total. The fraction of sp³-hybridized carbons (Fsp3) is 0.269. The van der Waals surface area contributed by atoms with Crippen LogP contribution in [0.1, 0.15) is 51.5 Å². The highest BCUT2D eigenvalue weighted by atomic mass is 16.5. The van der Waals surface area contributed by atoms with Crippen molar-refractivity contribution in [2.24, 2.45) is 0 Å². The zero-order valence-corrected chi connectivity index (χ0v) is 16.8. The van der Waals surface area contributed by atoms with Gasteiger partial charge in [0.05, 0.1) is 11.6 Å². The van der Waals surface area contributed by atoms with Crippen molar-refractivity contribution < 1.29 is 14.6 Å². The third-order valence-electron chi connectivity index (χ3n) is 6.50. The van der Waals surface area contributed by atoms with Gasteiger partial charge < -0.3 is 9.84 Å². The summed E-state index contributed by atoms with van der Waals surface area (Å²) in [5.41, 5.74) is 4.23. The topological polar surface area (TPSA) is 49.8 Å². The molecule has 2 aliphatic heterocycles. The maximum absolute atomic E-state index is 11.5. The molecule has 0 radical (unpaired) electrons. The first-order valence-corrected chi connectivity index (χ1v) is 10.5. The van der Waals surface area contributed by atoms with Crippen molar-refractivity contribution in [1.29, 1.82) is 0 Å². The number of ether oxygens (including phenoxy) is 1. The largest absolute Gasteiger partial charge is 0.489 e. The molecule has 1 N–H and O–H groups in total. The smallest absolute Gasteiger partial charge is 0.150 e. The van der Waals surface area contributed by atoms with Crippen molar-refractivity contribution in [1.82, 2.24) is 4.90 Å². The lowest BCUT2D eigenvalue weighted by Crippen LogP contribution is -2.44. The Balaban J connectivity index is 1.52. The molecule has 4 heteroatoms. The molecule has 30 heavy (non-hydrogen) atoms. The predicted molar refractivity (Wildman–Crippen MR) is 116 cm³/mol. The van der Waals surface area contributed by atoms with E-state index in [0.29, 0.717) is 25.0 Å². The first-order chi connectivity index (χ1) is 14.7. The second-order valence-electron chi connectivity index (χ2n) is 8.24. The number of rotatable bonds is 3. The molecule has 3 aromatic rings. The molecule has 0 spiro atoms. The summed E-state index contributed by atoms with van der Waals surface area (Å²) in [6, 6.07) is 24.0. The van der Waals surface area contributed by atoms with E-state index < -0.39 is 5.60 Å². The van der Waals surface area contributed by atoms with Gasteiger partial charge in [-0.3, -0.25) is 9.69 Å². The molecule has 1 fully saturated rings. The van der Waals surface area contributed by atoms with Crippen molar-refractivity contribution in [2.75, 3.05) is 13.1 Å². The van der Waals surface area contributed by atoms with Crippen molar-refractivity contribution in [3.63, 3.8) is 0 Å². The molecule has 2 heterocycles. The van der Waals surface area contributed by atoms with E-state index in [4.69, 9.17) is 4.74 Å². The summed E-state index contributed by atoms with van der Waals surface area (Å²) in [4.78, 5) is 13.9. The monoisotopic (exact) mass is 399 g/mol. The Bertz CT molecular complexity index is 1050. The highest BCUT2D eigenvalue weighted by Crippen LogP contribution is 2.43. The van der Waals surface area contributed by atoms with E-state index >= 15 is 0 Å². The molecule has 0 bridgehead atoms. The van der Waals surface area contributed by atoms with E-state index in [1.54, 1.807) is 0 Å². The van der Waals surface area contributed by atoms with E-state index in [9.17, 15) is 9.90 Å². The minimum atomic E-state index is -0.800. The van der Waals surface area contributed by atoms with E-state index in [1.807, 2.05) is 54.6 Å². The third kappa shape index (κ3) is 3.32. The molecule has 3 aromatic carbocycles. The maximum Gasteiger partial charge on any atom is 0.150 e. The number of nitrogens with zero attached hydrogens (tertiary/aromatic N) is 1. The van der Waals surface area contributed by atoms with Gasteiger partial charge in [0.25, 0.3) is 0 Å². The SMILES string of the molecule is O=Cc1ccc2c(c1)C(N1CCC(O)(c3ccccc3)CC1)c1ccccc1CO2. The Labute approximate surface area is 176 Å². The van der Waals surface area contributed by atoms with Crippen LogP contribution in [0.15, 0.2) is 72.8 Å². The second kappa shape index (κ2) is 7.71. The molecule has 0 amide bonds. The standard InChI is InChI=1S/C26H25NO3/c28-17-19-10-11-24-23(16-19)25(22-9-5-4-6-20(22)18-30-24)27-14-12-26(29,13-15-27)21-7-2-1-3-8-21/h1-11,16-17,25,29H,12-15,18H2. The maximum atomic E-state index is 11.5. The predicted octanol–water partition coefficient (Wildman–Crippen LogP) is 4.46. The lowest BCUT2D eigenvalue weighted by atomic mass is 9.82. The molecule has 1 atom stereocenters. The molecule has 0 aromatic heterocycles. The van der Waals surface area contributed by atoms with Gasteiger partial charge in [-0.2, -0.15) is 0 Å². The number of carbonyl (C=O) groups excluding carboxylic acids is 1. The lowest BCUT2D eigenvalue weighted by Gasteiger charge is -2.42. The van der Waals surface area contributed by atoms with Crippen molar-refractivity contribution in [3.05, 3.63) is 101 Å². The van der Waals surface area contributed by atoms with E-state index in [2.05, 4.69) is 23.1 Å². The van der Waals surface area contributed by atoms with Crippen LogP contribution in [0, 0.1) is 0 Å². The van der Waals surface area contributed by atoms with E-state index in [0.717, 1.165) is 41.8 Å². The van der Waals surface area contributed by atoms with Gasteiger partial charge >= 0.3 is 0 Å². The number of aliphatic hydroxyl groups is 1. The van der Waals surface area contributed by atoms with Gasteiger partial charge in [0, 0.05) is 24.2 Å². The summed E-state index contributed by atoms with van der Waals surface area (Å²) >= 11 is 0. The van der Waals surface area contributed by atoms with Crippen LogP contribution in [0.4, 0.5) is 0 Å². The summed E-state index contributed by atoms with van der Waals surface area (Å²) in [5, 5.41) is 11.3. The van der Waals surface area contributed by atoms with Crippen LogP contribution in [-0.4, -0.2) is 29.4 Å². The average Bonchev–Trinajstić information content (AvgIpc) is 2.97. The first kappa shape index (κ1) is 19.0. The summed E-state index contributed by atoms with van der Waals surface area (Å²) in [5.74, 6) is 0.825. The minimum absolute atomic E-state index is 0.000997. The zero-order valence-electron chi connectivity index (χ0n) is 16.8. The van der Waals surface area contributed by atoms with E-state index in [-0.39, 0.29) is 6.04 Å². The number of hydrogen-bond donors (Lipinski definition) is 1. The highest BCUT2D eigenvalue weighted by molar-refractivity contribution is 5.76. The fourth-order valence-corrected chi connectivity index (χ4v) is 4.82. The van der Waals surface area contributed by atoms with Gasteiger partial charge in [-0.15, -0.1) is 0 Å². The zero-order chi connectivity index (χ0) is 20.6. The normalized spacial score (nSPS) is 20.4. The van der Waals surface area contributed by atoms with E-state index in [1.165, 1.54) is 5.56 Å². The molecule has 2 aliphatic rings. The van der Waals surface area contributed by atoms with Crippen LogP contribution in [-0.2, 0) is 12.2 Å². The van der Waals surface area contributed by atoms with Gasteiger partial charge in [-0.25, -0.2) is 0 Å². The average molecular weight is 399 g/mol. The Hall–Kier alpha value is -2.95. The molecular weight excluding hydrogens is 374 g/mol. The number of aldehydes is 1. The van der Waals surface area contributed by atoms with Crippen molar-refractivity contribution in [3.8, 4) is 5.75 Å². The van der Waals surface area contributed by atoms with Crippen molar-refractivity contribution in [2.45, 2.75) is 31.1 Å². The van der Waals surface area contributed by atoms with Crippen molar-refractivity contribution >= 4 is 6.29 Å². The summed E-state index contributed by atoms with van der Waals surface area (Å²) in [6.07, 6.45) is 2.22. The summed E-state index contributed by atoms with van der Waals surface area (Å²) < 4.78 is 6.11. The minimum Gasteiger partial charge on any atom is -0.489 e. The quantitative estimate of drug-likeness (QED) is 0.661. The third-order valence-corrected chi connectivity index (χ3v) is 6.50. The highest BCUT2D eigenvalue weighted by Gasteiger charge is 2.38. The molecule has 1 saturated heterocycles. The van der Waals surface area contributed by atoms with Gasteiger partial charge in [0.2, 0.25) is 0 Å². The van der Waals surface area contributed by atoms with Crippen LogP contribution in [0.25, 0.3) is 0 Å².